The summed E-state index contributed by atoms with van der Waals surface area (Å²) in [4.78, 5) is 32.1. The summed E-state index contributed by atoms with van der Waals surface area (Å²) < 4.78 is 17.8. The summed E-state index contributed by atoms with van der Waals surface area (Å²) in [5.41, 5.74) is 1.74. The average Bonchev–Trinajstić information content (AvgIpc) is 3.09. The molecule has 0 saturated heterocycles. The number of pyridine rings is 1. The summed E-state index contributed by atoms with van der Waals surface area (Å²) >= 11 is 1.41. The lowest BCUT2D eigenvalue weighted by atomic mass is 10.1. The normalized spacial score (nSPS) is 10.4. The van der Waals surface area contributed by atoms with E-state index in [-0.39, 0.29) is 18.8 Å². The first-order valence-corrected chi connectivity index (χ1v) is 8.29. The molecule has 0 amide bonds. The van der Waals surface area contributed by atoms with Crippen LogP contribution in [0.2, 0.25) is 0 Å². The number of carbonyl (C=O) groups excluding carboxylic acids is 2. The highest BCUT2D eigenvalue weighted by Gasteiger charge is 2.13. The lowest BCUT2D eigenvalue weighted by Crippen LogP contribution is -2.15. The smallest absolute Gasteiger partial charge is 0.312 e. The number of benzene rings is 1. The number of Topliss-reactive ketones (excluding diaryl/α,β-unsaturated/α-hetero) is 1. The highest BCUT2D eigenvalue weighted by Crippen LogP contribution is 2.22. The zero-order chi connectivity index (χ0) is 17.6. The van der Waals surface area contributed by atoms with Crippen molar-refractivity contribution in [2.45, 2.75) is 6.42 Å². The van der Waals surface area contributed by atoms with Gasteiger partial charge in [0.2, 0.25) is 0 Å². The molecule has 0 aliphatic rings. The summed E-state index contributed by atoms with van der Waals surface area (Å²) in [5.74, 6) is -1.36. The number of aromatic nitrogens is 2. The highest BCUT2D eigenvalue weighted by atomic mass is 32.1. The molecule has 0 radical (unpaired) electrons. The van der Waals surface area contributed by atoms with Crippen LogP contribution in [0.25, 0.3) is 10.6 Å². The predicted octanol–water partition coefficient (Wildman–Crippen LogP) is 3.31. The summed E-state index contributed by atoms with van der Waals surface area (Å²) in [6.45, 7) is -0.385. The Bertz CT molecular complexity index is 879. The Morgan fingerprint density at radius 2 is 1.96 bits per heavy atom. The van der Waals surface area contributed by atoms with Gasteiger partial charge in [-0.1, -0.05) is 0 Å². The number of carbonyl (C=O) groups is 2. The van der Waals surface area contributed by atoms with E-state index in [1.54, 1.807) is 17.8 Å². The number of halogens is 1. The molecular formula is C18H13FN2O3S. The van der Waals surface area contributed by atoms with Crippen LogP contribution in [0.15, 0.2) is 54.2 Å². The van der Waals surface area contributed by atoms with Crippen LogP contribution in [-0.2, 0) is 16.0 Å². The second-order valence-corrected chi connectivity index (χ2v) is 6.01. The van der Waals surface area contributed by atoms with E-state index < -0.39 is 11.8 Å². The monoisotopic (exact) mass is 356 g/mol. The van der Waals surface area contributed by atoms with Crippen molar-refractivity contribution in [3.05, 3.63) is 71.2 Å². The third-order valence-electron chi connectivity index (χ3n) is 3.32. The van der Waals surface area contributed by atoms with Gasteiger partial charge in [-0.15, -0.1) is 11.3 Å². The molecule has 0 atom stereocenters. The molecule has 2 aromatic heterocycles. The van der Waals surface area contributed by atoms with Crippen LogP contribution in [0, 0.1) is 5.82 Å². The zero-order valence-corrected chi connectivity index (χ0v) is 13.8. The van der Waals surface area contributed by atoms with Gasteiger partial charge in [0, 0.05) is 28.9 Å². The summed E-state index contributed by atoms with van der Waals surface area (Å²) in [7, 11) is 0. The van der Waals surface area contributed by atoms with Gasteiger partial charge in [0.25, 0.3) is 0 Å². The number of hydrogen-bond acceptors (Lipinski definition) is 6. The van der Waals surface area contributed by atoms with Crippen molar-refractivity contribution in [2.24, 2.45) is 0 Å². The van der Waals surface area contributed by atoms with Gasteiger partial charge in [0.05, 0.1) is 12.1 Å². The standard InChI is InChI=1S/C18H13FN2O3S/c19-14-5-3-12(4-6-14)16(22)10-24-17(23)8-15-11-25-18(21-15)13-2-1-7-20-9-13/h1-7,9,11H,8,10H2. The molecule has 0 N–H and O–H groups in total. The SMILES string of the molecule is O=C(Cc1csc(-c2cccnc2)n1)OCC(=O)c1ccc(F)cc1. The van der Waals surface area contributed by atoms with Crippen LogP contribution < -0.4 is 0 Å². The molecule has 0 unspecified atom stereocenters. The number of ether oxygens (including phenoxy) is 1. The highest BCUT2D eigenvalue weighted by molar-refractivity contribution is 7.13. The van der Waals surface area contributed by atoms with Gasteiger partial charge in [-0.2, -0.15) is 0 Å². The van der Waals surface area contributed by atoms with Crippen molar-refractivity contribution < 1.29 is 18.7 Å². The van der Waals surface area contributed by atoms with Gasteiger partial charge in [0.1, 0.15) is 10.8 Å². The van der Waals surface area contributed by atoms with Gasteiger partial charge in [0.15, 0.2) is 12.4 Å². The van der Waals surface area contributed by atoms with Gasteiger partial charge >= 0.3 is 5.97 Å². The maximum absolute atomic E-state index is 12.8. The number of thiazole rings is 1. The molecule has 7 heteroatoms. The predicted molar refractivity (Wildman–Crippen MR) is 90.7 cm³/mol. The number of rotatable bonds is 6. The molecule has 5 nitrogen and oxygen atoms in total. The van der Waals surface area contributed by atoms with Crippen molar-refractivity contribution in [2.75, 3.05) is 6.61 Å². The third kappa shape index (κ3) is 4.54. The minimum absolute atomic E-state index is 0.0204. The fraction of sp³-hybridized carbons (Fsp3) is 0.111. The maximum Gasteiger partial charge on any atom is 0.312 e. The molecule has 0 aliphatic heterocycles. The van der Waals surface area contributed by atoms with Crippen LogP contribution in [0.5, 0.6) is 0 Å². The lowest BCUT2D eigenvalue weighted by molar-refractivity contribution is -0.141. The van der Waals surface area contributed by atoms with E-state index in [1.807, 2.05) is 12.1 Å². The van der Waals surface area contributed by atoms with E-state index >= 15 is 0 Å². The molecule has 0 fully saturated rings. The Morgan fingerprint density at radius 3 is 2.68 bits per heavy atom. The molecule has 25 heavy (non-hydrogen) atoms. The number of nitrogens with zero attached hydrogens (tertiary/aromatic N) is 2. The van der Waals surface area contributed by atoms with Crippen LogP contribution >= 0.6 is 11.3 Å². The molecule has 126 valence electrons. The number of esters is 1. The van der Waals surface area contributed by atoms with Gasteiger partial charge in [-0.05, 0) is 36.4 Å². The maximum atomic E-state index is 12.8. The first-order chi connectivity index (χ1) is 12.1. The van der Waals surface area contributed by atoms with E-state index in [2.05, 4.69) is 9.97 Å². The molecule has 0 saturated carbocycles. The van der Waals surface area contributed by atoms with E-state index in [1.165, 1.54) is 35.6 Å². The Balaban J connectivity index is 1.54. The van der Waals surface area contributed by atoms with E-state index in [0.717, 1.165) is 10.6 Å². The lowest BCUT2D eigenvalue weighted by Gasteiger charge is -2.03. The second-order valence-electron chi connectivity index (χ2n) is 5.15. The van der Waals surface area contributed by atoms with Gasteiger partial charge in [-0.3, -0.25) is 14.6 Å². The Labute approximate surface area is 147 Å². The number of hydrogen-bond donors (Lipinski definition) is 0. The fourth-order valence-electron chi connectivity index (χ4n) is 2.07. The molecule has 2 heterocycles. The van der Waals surface area contributed by atoms with Crippen molar-refractivity contribution >= 4 is 23.1 Å². The van der Waals surface area contributed by atoms with Gasteiger partial charge in [-0.25, -0.2) is 9.37 Å². The first kappa shape index (κ1) is 16.9. The van der Waals surface area contributed by atoms with Crippen molar-refractivity contribution in [3.8, 4) is 10.6 Å². The van der Waals surface area contributed by atoms with Crippen molar-refractivity contribution in [1.29, 1.82) is 0 Å². The zero-order valence-electron chi connectivity index (χ0n) is 13.0. The minimum Gasteiger partial charge on any atom is -0.457 e. The van der Waals surface area contributed by atoms with Crippen LogP contribution in [-0.4, -0.2) is 28.3 Å². The van der Waals surface area contributed by atoms with Crippen LogP contribution in [0.1, 0.15) is 16.1 Å². The largest absolute Gasteiger partial charge is 0.457 e. The minimum atomic E-state index is -0.543. The van der Waals surface area contributed by atoms with Crippen molar-refractivity contribution in [1.82, 2.24) is 9.97 Å². The molecule has 3 rings (SSSR count). The van der Waals surface area contributed by atoms with Crippen LogP contribution in [0.3, 0.4) is 0 Å². The molecular weight excluding hydrogens is 343 g/mol. The quantitative estimate of drug-likeness (QED) is 0.501. The van der Waals surface area contributed by atoms with E-state index in [4.69, 9.17) is 4.74 Å². The molecule has 1 aromatic carbocycles. The molecule has 0 spiro atoms. The number of ketones is 1. The Kier molecular flexibility index (Phi) is 5.25. The summed E-state index contributed by atoms with van der Waals surface area (Å²) in [6.07, 6.45) is 3.35. The molecule has 0 aliphatic carbocycles. The van der Waals surface area contributed by atoms with Crippen LogP contribution in [0.4, 0.5) is 4.39 Å². The topological polar surface area (TPSA) is 69.2 Å². The third-order valence-corrected chi connectivity index (χ3v) is 4.26. The van der Waals surface area contributed by atoms with E-state index in [9.17, 15) is 14.0 Å². The van der Waals surface area contributed by atoms with Crippen molar-refractivity contribution in [3.63, 3.8) is 0 Å². The van der Waals surface area contributed by atoms with E-state index in [0.29, 0.717) is 11.3 Å². The average molecular weight is 356 g/mol. The Morgan fingerprint density at radius 1 is 1.16 bits per heavy atom. The fourth-order valence-corrected chi connectivity index (χ4v) is 2.88. The Hall–Kier alpha value is -2.93. The summed E-state index contributed by atoms with van der Waals surface area (Å²) in [6, 6.07) is 8.77. The molecule has 3 aromatic rings. The van der Waals surface area contributed by atoms with Gasteiger partial charge < -0.3 is 4.74 Å². The first-order valence-electron chi connectivity index (χ1n) is 7.41. The summed E-state index contributed by atoms with van der Waals surface area (Å²) in [5, 5.41) is 2.53. The molecule has 0 bridgehead atoms. The second kappa shape index (κ2) is 7.76.